The quantitative estimate of drug-likeness (QED) is 0.628. The van der Waals surface area contributed by atoms with Gasteiger partial charge in [0.15, 0.2) is 0 Å². The van der Waals surface area contributed by atoms with Gasteiger partial charge in [0.05, 0.1) is 6.07 Å². The zero-order valence-corrected chi connectivity index (χ0v) is 7.58. The van der Waals surface area contributed by atoms with Crippen LogP contribution in [0, 0.1) is 23.2 Å². The van der Waals surface area contributed by atoms with Crippen molar-refractivity contribution in [3.05, 3.63) is 0 Å². The summed E-state index contributed by atoms with van der Waals surface area (Å²) in [6, 6.07) is 1.95. The van der Waals surface area contributed by atoms with Gasteiger partial charge in [-0.2, -0.15) is 5.26 Å². The number of hydrogen-bond acceptors (Lipinski definition) is 2. The third kappa shape index (κ3) is 2.23. The molecule has 12 heavy (non-hydrogen) atoms. The smallest absolute Gasteiger partial charge is 0.239 e. The molecule has 0 bridgehead atoms. The molecule has 1 rings (SSSR count). The number of amides is 1. The Morgan fingerprint density at radius 1 is 1.75 bits per heavy atom. The van der Waals surface area contributed by atoms with E-state index < -0.39 is 5.92 Å². The first-order valence-corrected chi connectivity index (χ1v) is 4.29. The molecule has 0 aromatic rings. The van der Waals surface area contributed by atoms with Crippen LogP contribution in [0.1, 0.15) is 19.8 Å². The van der Waals surface area contributed by atoms with E-state index in [4.69, 9.17) is 5.26 Å². The third-order valence-electron chi connectivity index (χ3n) is 2.17. The van der Waals surface area contributed by atoms with Crippen LogP contribution in [0.4, 0.5) is 0 Å². The second kappa shape index (κ2) is 3.57. The van der Waals surface area contributed by atoms with Crippen LogP contribution in [0.2, 0.25) is 0 Å². The highest BCUT2D eigenvalue weighted by Gasteiger charge is 2.26. The van der Waals surface area contributed by atoms with Crippen molar-refractivity contribution in [2.45, 2.75) is 19.8 Å². The summed E-state index contributed by atoms with van der Waals surface area (Å²) >= 11 is 0. The van der Waals surface area contributed by atoms with E-state index in [-0.39, 0.29) is 5.91 Å². The zero-order valence-electron chi connectivity index (χ0n) is 7.58. The Bertz CT molecular complexity index is 215. The minimum absolute atomic E-state index is 0.0515. The maximum Gasteiger partial charge on any atom is 0.239 e. The van der Waals surface area contributed by atoms with Gasteiger partial charge in [-0.15, -0.1) is 0 Å². The van der Waals surface area contributed by atoms with E-state index in [1.165, 1.54) is 12.8 Å². The summed E-state index contributed by atoms with van der Waals surface area (Å²) in [6.45, 7) is 2.47. The van der Waals surface area contributed by atoms with Crippen molar-refractivity contribution in [2.24, 2.45) is 11.8 Å². The van der Waals surface area contributed by atoms with Crippen molar-refractivity contribution in [3.63, 3.8) is 0 Å². The SMILES string of the molecule is CC(C#N)C(=O)N(C)CC1CC1. The monoisotopic (exact) mass is 166 g/mol. The summed E-state index contributed by atoms with van der Waals surface area (Å²) in [4.78, 5) is 13.0. The van der Waals surface area contributed by atoms with Gasteiger partial charge in [-0.1, -0.05) is 0 Å². The molecular weight excluding hydrogens is 152 g/mol. The van der Waals surface area contributed by atoms with Crippen molar-refractivity contribution in [1.29, 1.82) is 5.26 Å². The van der Waals surface area contributed by atoms with E-state index >= 15 is 0 Å². The van der Waals surface area contributed by atoms with Crippen molar-refractivity contribution in [3.8, 4) is 6.07 Å². The summed E-state index contributed by atoms with van der Waals surface area (Å²) < 4.78 is 0. The fourth-order valence-electron chi connectivity index (χ4n) is 1.16. The molecule has 0 N–H and O–H groups in total. The molecule has 66 valence electrons. The van der Waals surface area contributed by atoms with Crippen LogP contribution in [-0.2, 0) is 4.79 Å². The number of carbonyl (C=O) groups excluding carboxylic acids is 1. The minimum atomic E-state index is -0.492. The Kier molecular flexibility index (Phi) is 2.69. The predicted octanol–water partition coefficient (Wildman–Crippen LogP) is 1.01. The van der Waals surface area contributed by atoms with E-state index in [0.717, 1.165) is 6.54 Å². The van der Waals surface area contributed by atoms with Crippen LogP contribution in [0.3, 0.4) is 0 Å². The van der Waals surface area contributed by atoms with E-state index in [1.54, 1.807) is 18.9 Å². The van der Waals surface area contributed by atoms with Crippen LogP contribution < -0.4 is 0 Å². The molecule has 0 heterocycles. The van der Waals surface area contributed by atoms with Gasteiger partial charge in [-0.25, -0.2) is 0 Å². The molecule has 1 atom stereocenters. The summed E-state index contributed by atoms with van der Waals surface area (Å²) in [6.07, 6.45) is 2.47. The van der Waals surface area contributed by atoms with Crippen LogP contribution >= 0.6 is 0 Å². The van der Waals surface area contributed by atoms with Gasteiger partial charge in [0, 0.05) is 13.6 Å². The number of nitrogens with zero attached hydrogens (tertiary/aromatic N) is 2. The second-order valence-corrected chi connectivity index (χ2v) is 3.51. The van der Waals surface area contributed by atoms with Gasteiger partial charge in [-0.05, 0) is 25.7 Å². The number of carbonyl (C=O) groups is 1. The van der Waals surface area contributed by atoms with Crippen molar-refractivity contribution in [1.82, 2.24) is 4.90 Å². The van der Waals surface area contributed by atoms with E-state index in [1.807, 2.05) is 6.07 Å². The van der Waals surface area contributed by atoms with Gasteiger partial charge in [-0.3, -0.25) is 4.79 Å². The molecule has 1 aliphatic rings. The molecule has 0 aromatic carbocycles. The van der Waals surface area contributed by atoms with E-state index in [9.17, 15) is 4.79 Å². The molecule has 3 heteroatoms. The maximum absolute atomic E-state index is 11.3. The Labute approximate surface area is 73.0 Å². The number of nitriles is 1. The molecule has 0 spiro atoms. The second-order valence-electron chi connectivity index (χ2n) is 3.51. The van der Waals surface area contributed by atoms with Gasteiger partial charge in [0.1, 0.15) is 5.92 Å². The van der Waals surface area contributed by atoms with Gasteiger partial charge >= 0.3 is 0 Å². The molecule has 1 aliphatic carbocycles. The fourth-order valence-corrected chi connectivity index (χ4v) is 1.16. The van der Waals surface area contributed by atoms with Gasteiger partial charge < -0.3 is 4.90 Å². The molecule has 1 amide bonds. The molecule has 1 fully saturated rings. The first kappa shape index (κ1) is 9.05. The molecule has 0 radical (unpaired) electrons. The summed E-state index contributed by atoms with van der Waals surface area (Å²) in [5.74, 6) is 0.156. The zero-order chi connectivity index (χ0) is 9.14. The average molecular weight is 166 g/mol. The highest BCUT2D eigenvalue weighted by molar-refractivity contribution is 5.80. The normalized spacial score (nSPS) is 18.1. The van der Waals surface area contributed by atoms with Gasteiger partial charge in [0.2, 0.25) is 5.91 Å². The minimum Gasteiger partial charge on any atom is -0.344 e. The Hall–Kier alpha value is -1.04. The summed E-state index contributed by atoms with van der Waals surface area (Å²) in [5, 5.41) is 8.51. The Morgan fingerprint density at radius 2 is 2.33 bits per heavy atom. The number of rotatable bonds is 3. The molecule has 1 saturated carbocycles. The molecular formula is C9H14N2O. The fraction of sp³-hybridized carbons (Fsp3) is 0.778. The molecule has 3 nitrogen and oxygen atoms in total. The standard InChI is InChI=1S/C9H14N2O/c1-7(5-10)9(12)11(2)6-8-3-4-8/h7-8H,3-4,6H2,1-2H3. The topological polar surface area (TPSA) is 44.1 Å². The lowest BCUT2D eigenvalue weighted by Crippen LogP contribution is -2.32. The third-order valence-corrected chi connectivity index (χ3v) is 2.17. The first-order valence-electron chi connectivity index (χ1n) is 4.29. The van der Waals surface area contributed by atoms with Crippen LogP contribution in [0.5, 0.6) is 0 Å². The lowest BCUT2D eigenvalue weighted by atomic mass is 10.2. The molecule has 0 aliphatic heterocycles. The highest BCUT2D eigenvalue weighted by Crippen LogP contribution is 2.29. The van der Waals surface area contributed by atoms with Gasteiger partial charge in [0.25, 0.3) is 0 Å². The lowest BCUT2D eigenvalue weighted by Gasteiger charge is -2.17. The maximum atomic E-state index is 11.3. The van der Waals surface area contributed by atoms with Crippen LogP contribution in [-0.4, -0.2) is 24.4 Å². The van der Waals surface area contributed by atoms with E-state index in [2.05, 4.69) is 0 Å². The molecule has 0 aromatic heterocycles. The van der Waals surface area contributed by atoms with Crippen molar-refractivity contribution < 1.29 is 4.79 Å². The average Bonchev–Trinajstić information content (AvgIpc) is 2.85. The highest BCUT2D eigenvalue weighted by atomic mass is 16.2. The van der Waals surface area contributed by atoms with Crippen LogP contribution in [0.15, 0.2) is 0 Å². The first-order chi connectivity index (χ1) is 5.65. The van der Waals surface area contributed by atoms with E-state index in [0.29, 0.717) is 5.92 Å². The largest absolute Gasteiger partial charge is 0.344 e. The summed E-state index contributed by atoms with van der Waals surface area (Å²) in [7, 11) is 1.77. The Balaban J connectivity index is 2.34. The number of hydrogen-bond donors (Lipinski definition) is 0. The van der Waals surface area contributed by atoms with Crippen molar-refractivity contribution >= 4 is 5.91 Å². The molecule has 1 unspecified atom stereocenters. The van der Waals surface area contributed by atoms with Crippen LogP contribution in [0.25, 0.3) is 0 Å². The predicted molar refractivity (Wildman–Crippen MR) is 45.1 cm³/mol. The summed E-state index contributed by atoms with van der Waals surface area (Å²) in [5.41, 5.74) is 0. The van der Waals surface area contributed by atoms with Crippen molar-refractivity contribution in [2.75, 3.05) is 13.6 Å². The Morgan fingerprint density at radius 3 is 2.75 bits per heavy atom. The molecule has 0 saturated heterocycles. The lowest BCUT2D eigenvalue weighted by molar-refractivity contribution is -0.132.